The molecule has 0 bridgehead atoms. The Labute approximate surface area is 155 Å². The molecule has 0 saturated heterocycles. The molecule has 0 aliphatic carbocycles. The maximum atomic E-state index is 12.8. The number of benzene rings is 2. The van der Waals surface area contributed by atoms with E-state index in [0.29, 0.717) is 11.4 Å². The summed E-state index contributed by atoms with van der Waals surface area (Å²) in [7, 11) is 3.48. The predicted octanol–water partition coefficient (Wildman–Crippen LogP) is 4.73. The highest BCUT2D eigenvalue weighted by Crippen LogP contribution is 2.29. The molecule has 4 aromatic rings. The van der Waals surface area contributed by atoms with Gasteiger partial charge in [-0.15, -0.1) is 11.3 Å². The summed E-state index contributed by atoms with van der Waals surface area (Å²) in [6, 6.07) is 19.8. The minimum absolute atomic E-state index is 0.0125. The lowest BCUT2D eigenvalue weighted by Gasteiger charge is -2.16. The van der Waals surface area contributed by atoms with E-state index in [9.17, 15) is 4.79 Å². The van der Waals surface area contributed by atoms with E-state index in [2.05, 4.69) is 6.07 Å². The minimum atomic E-state index is 0.0125. The number of pyridine rings is 1. The van der Waals surface area contributed by atoms with E-state index < -0.39 is 0 Å². The third-order valence-electron chi connectivity index (χ3n) is 4.33. The van der Waals surface area contributed by atoms with Gasteiger partial charge in [-0.2, -0.15) is 0 Å². The van der Waals surface area contributed by atoms with Crippen molar-refractivity contribution >= 4 is 38.4 Å². The van der Waals surface area contributed by atoms with Crippen molar-refractivity contribution < 1.29 is 9.53 Å². The first kappa shape index (κ1) is 16.5. The first-order valence-corrected chi connectivity index (χ1v) is 9.13. The topological polar surface area (TPSA) is 42.4 Å². The largest absolute Gasteiger partial charge is 0.497 e. The molecule has 1 amide bonds. The lowest BCUT2D eigenvalue weighted by molar-refractivity contribution is 0.0790. The number of methoxy groups -OCH3 is 1. The molecule has 4 rings (SSSR count). The first-order valence-electron chi connectivity index (χ1n) is 8.32. The van der Waals surface area contributed by atoms with Crippen LogP contribution in [0.3, 0.4) is 0 Å². The lowest BCUT2D eigenvalue weighted by Crippen LogP contribution is -2.25. The Bertz CT molecular complexity index is 1090. The Morgan fingerprint density at radius 2 is 1.88 bits per heavy atom. The van der Waals surface area contributed by atoms with Crippen LogP contribution in [-0.4, -0.2) is 29.9 Å². The molecule has 4 nitrogen and oxygen atoms in total. The van der Waals surface area contributed by atoms with Crippen molar-refractivity contribution in [1.82, 2.24) is 9.88 Å². The van der Waals surface area contributed by atoms with Gasteiger partial charge in [0.15, 0.2) is 0 Å². The Morgan fingerprint density at radius 1 is 1.08 bits per heavy atom. The normalized spacial score (nSPS) is 11.0. The van der Waals surface area contributed by atoms with Crippen LogP contribution in [0.15, 0.2) is 60.7 Å². The zero-order valence-corrected chi connectivity index (χ0v) is 15.4. The van der Waals surface area contributed by atoms with Crippen LogP contribution < -0.4 is 4.74 Å². The van der Waals surface area contributed by atoms with E-state index in [1.165, 1.54) is 11.3 Å². The Balaban J connectivity index is 1.65. The van der Waals surface area contributed by atoms with Crippen LogP contribution in [0, 0.1) is 0 Å². The van der Waals surface area contributed by atoms with Gasteiger partial charge in [-0.1, -0.05) is 30.3 Å². The van der Waals surface area contributed by atoms with Crippen LogP contribution in [-0.2, 0) is 6.54 Å². The van der Waals surface area contributed by atoms with Crippen molar-refractivity contribution in [2.24, 2.45) is 0 Å². The number of carbonyl (C=O) groups excluding carboxylic acids is 1. The number of thiophene rings is 1. The highest BCUT2D eigenvalue weighted by molar-refractivity contribution is 7.20. The van der Waals surface area contributed by atoms with Gasteiger partial charge in [0.25, 0.3) is 5.91 Å². The highest BCUT2D eigenvalue weighted by atomic mass is 32.1. The van der Waals surface area contributed by atoms with Gasteiger partial charge < -0.3 is 9.64 Å². The Hall–Kier alpha value is -2.92. The molecule has 0 N–H and O–H groups in total. The molecule has 0 atom stereocenters. The molecule has 2 aromatic heterocycles. The summed E-state index contributed by atoms with van der Waals surface area (Å²) in [5.41, 5.74) is 2.01. The number of carbonyl (C=O) groups is 1. The SMILES string of the molecule is COc1ccc2nc3sc(C(=O)N(C)Cc4ccccc4)cc3cc2c1. The number of fused-ring (bicyclic) bond motifs is 2. The van der Waals surface area contributed by atoms with Gasteiger partial charge in [0.05, 0.1) is 17.5 Å². The number of hydrogen-bond donors (Lipinski definition) is 0. The summed E-state index contributed by atoms with van der Waals surface area (Å²) in [5, 5.41) is 1.98. The summed E-state index contributed by atoms with van der Waals surface area (Å²) in [6.45, 7) is 0.584. The average molecular weight is 362 g/mol. The van der Waals surface area contributed by atoms with Gasteiger partial charge in [-0.25, -0.2) is 4.98 Å². The third-order valence-corrected chi connectivity index (χ3v) is 5.36. The van der Waals surface area contributed by atoms with Gasteiger partial charge in [-0.05, 0) is 35.9 Å². The Morgan fingerprint density at radius 3 is 2.65 bits per heavy atom. The van der Waals surface area contributed by atoms with Crippen LogP contribution in [0.1, 0.15) is 15.2 Å². The predicted molar refractivity (Wildman–Crippen MR) is 106 cm³/mol. The molecule has 2 aromatic carbocycles. The van der Waals surface area contributed by atoms with Gasteiger partial charge >= 0.3 is 0 Å². The second kappa shape index (κ2) is 6.77. The lowest BCUT2D eigenvalue weighted by atomic mass is 10.2. The van der Waals surface area contributed by atoms with Crippen molar-refractivity contribution in [3.63, 3.8) is 0 Å². The maximum Gasteiger partial charge on any atom is 0.264 e. The van der Waals surface area contributed by atoms with Crippen LogP contribution in [0.25, 0.3) is 21.1 Å². The van der Waals surface area contributed by atoms with E-state index in [4.69, 9.17) is 9.72 Å². The number of hydrogen-bond acceptors (Lipinski definition) is 4. The molecular formula is C21H18N2O2S. The van der Waals surface area contributed by atoms with Gasteiger partial charge in [0.1, 0.15) is 10.6 Å². The fourth-order valence-corrected chi connectivity index (χ4v) is 3.98. The van der Waals surface area contributed by atoms with Gasteiger partial charge in [-0.3, -0.25) is 4.79 Å². The maximum absolute atomic E-state index is 12.8. The first-order chi connectivity index (χ1) is 12.6. The summed E-state index contributed by atoms with van der Waals surface area (Å²) in [4.78, 5) is 20.8. The molecule has 0 saturated carbocycles. The summed E-state index contributed by atoms with van der Waals surface area (Å²) in [6.07, 6.45) is 0. The van der Waals surface area contributed by atoms with Crippen LogP contribution >= 0.6 is 11.3 Å². The number of rotatable bonds is 4. The quantitative estimate of drug-likeness (QED) is 0.527. The minimum Gasteiger partial charge on any atom is -0.497 e. The molecular weight excluding hydrogens is 344 g/mol. The molecule has 2 heterocycles. The van der Waals surface area contributed by atoms with Gasteiger partial charge in [0.2, 0.25) is 0 Å². The fourth-order valence-electron chi connectivity index (χ4n) is 2.96. The summed E-state index contributed by atoms with van der Waals surface area (Å²) in [5.74, 6) is 0.811. The van der Waals surface area contributed by atoms with E-state index in [0.717, 1.165) is 32.4 Å². The Kier molecular flexibility index (Phi) is 4.31. The van der Waals surface area contributed by atoms with E-state index in [-0.39, 0.29) is 5.91 Å². The molecule has 0 aliphatic heterocycles. The second-order valence-corrected chi connectivity index (χ2v) is 7.23. The number of nitrogens with zero attached hydrogens (tertiary/aromatic N) is 2. The monoisotopic (exact) mass is 362 g/mol. The molecule has 130 valence electrons. The third kappa shape index (κ3) is 3.13. The molecule has 0 radical (unpaired) electrons. The van der Waals surface area contributed by atoms with Crippen molar-refractivity contribution in [3.05, 3.63) is 71.1 Å². The number of ether oxygens (including phenoxy) is 1. The van der Waals surface area contributed by atoms with Crippen LogP contribution in [0.4, 0.5) is 0 Å². The average Bonchev–Trinajstić information content (AvgIpc) is 3.08. The molecule has 0 fully saturated rings. The van der Waals surface area contributed by atoms with Crippen LogP contribution in [0.5, 0.6) is 5.75 Å². The smallest absolute Gasteiger partial charge is 0.264 e. The van der Waals surface area contributed by atoms with Gasteiger partial charge in [0, 0.05) is 24.4 Å². The van der Waals surface area contributed by atoms with E-state index in [1.807, 2.05) is 61.6 Å². The molecule has 5 heteroatoms. The van der Waals surface area contributed by atoms with E-state index in [1.54, 1.807) is 12.0 Å². The van der Waals surface area contributed by atoms with Crippen molar-refractivity contribution in [3.8, 4) is 5.75 Å². The van der Waals surface area contributed by atoms with Crippen LogP contribution in [0.2, 0.25) is 0 Å². The molecule has 0 spiro atoms. The second-order valence-electron chi connectivity index (χ2n) is 6.20. The van der Waals surface area contributed by atoms with E-state index >= 15 is 0 Å². The molecule has 26 heavy (non-hydrogen) atoms. The van der Waals surface area contributed by atoms with Crippen molar-refractivity contribution in [2.75, 3.05) is 14.2 Å². The van der Waals surface area contributed by atoms with Crippen molar-refractivity contribution in [1.29, 1.82) is 0 Å². The molecule has 0 aliphatic rings. The zero-order valence-electron chi connectivity index (χ0n) is 14.6. The zero-order chi connectivity index (χ0) is 18.1. The summed E-state index contributed by atoms with van der Waals surface area (Å²) < 4.78 is 5.28. The fraction of sp³-hybridized carbons (Fsp3) is 0.143. The molecule has 0 unspecified atom stereocenters. The van der Waals surface area contributed by atoms with Crippen molar-refractivity contribution in [2.45, 2.75) is 6.54 Å². The summed E-state index contributed by atoms with van der Waals surface area (Å²) >= 11 is 1.44. The standard InChI is InChI=1S/C21H18N2O2S/c1-23(13-14-6-4-3-5-7-14)21(24)19-12-16-10-15-11-17(25-2)8-9-18(15)22-20(16)26-19/h3-12H,13H2,1-2H3. The number of amides is 1. The highest BCUT2D eigenvalue weighted by Gasteiger charge is 2.16. The number of aromatic nitrogens is 1.